The average molecular weight is 1280 g/mol. The van der Waals surface area contributed by atoms with Gasteiger partial charge in [-0.25, -0.2) is 0 Å². The normalized spacial score (nSPS) is 20.5. The standard InChI is InChI=1S/C53H58O6P2.C21H35O3P.2C2H6/c1-49(2,39-21-13-9-14-22-39)43-29-31-47(45(33-43)51(5,6)41-25-17-11-18-26-41)58-60-54-35-53(36-55-60)37-56-61(57-38-53)59-48-32-30-44(50(3,4)40-23-15-10-16-24-40)34-46(48)52(7,8)42-27-19-12-20-28-42;1-8-10-11-21(9-2)14-22-25(23-15-21)24-19-16(3)12-18(13-17(19)4)20(5,6)7;2*1-2/h9-34H,35-38H2,1-8H3;12-13H,8-11,14-15H2,1-7H3;2*1-2H3. The van der Waals surface area contributed by atoms with Crippen molar-refractivity contribution in [1.29, 1.82) is 0 Å². The quantitative estimate of drug-likeness (QED) is 0.0780. The lowest BCUT2D eigenvalue weighted by Gasteiger charge is -2.41. The van der Waals surface area contributed by atoms with Crippen LogP contribution in [-0.4, -0.2) is 39.6 Å². The summed E-state index contributed by atoms with van der Waals surface area (Å²) in [6.45, 7) is 44.5. The van der Waals surface area contributed by atoms with Crippen molar-refractivity contribution in [3.8, 4) is 17.2 Å². The van der Waals surface area contributed by atoms with Gasteiger partial charge in [0.1, 0.15) is 17.2 Å². The molecule has 3 saturated heterocycles. The molecule has 0 saturated carbocycles. The van der Waals surface area contributed by atoms with Gasteiger partial charge >= 0.3 is 25.8 Å². The van der Waals surface area contributed by atoms with E-state index in [1.165, 1.54) is 58.2 Å². The third-order valence-electron chi connectivity index (χ3n) is 18.2. The van der Waals surface area contributed by atoms with Crippen LogP contribution >= 0.6 is 25.8 Å². The van der Waals surface area contributed by atoms with Crippen LogP contribution in [0.4, 0.5) is 0 Å². The minimum Gasteiger partial charge on any atom is -0.426 e. The zero-order valence-electron chi connectivity index (χ0n) is 57.8. The molecule has 3 heterocycles. The van der Waals surface area contributed by atoms with Crippen molar-refractivity contribution in [2.24, 2.45) is 10.8 Å². The minimum absolute atomic E-state index is 0.136. The SMILES string of the molecule is CC.CC.CC(C)(c1ccccc1)c1ccc(OP2OCC3(CO2)COP(Oc2ccc(C(C)(C)c4ccccc4)cc2C(C)(C)c2ccccc2)OC3)c(C(C)(C)c2ccccc2)c1.CCCCC1(CC)COP(Oc2c(C)cc(C(C)(C)C)cc2C)OC1. The maximum absolute atomic E-state index is 6.66. The fraction of sp³-hybridized carbons (Fsp3) is 0.462. The molecule has 90 heavy (non-hydrogen) atoms. The van der Waals surface area contributed by atoms with E-state index in [4.69, 9.17) is 40.7 Å². The first-order valence-electron chi connectivity index (χ1n) is 32.8. The van der Waals surface area contributed by atoms with E-state index in [-0.39, 0.29) is 32.5 Å². The van der Waals surface area contributed by atoms with Gasteiger partial charge in [0.05, 0.1) is 45.1 Å². The Hall–Kier alpha value is -5.01. The molecule has 0 bridgehead atoms. The van der Waals surface area contributed by atoms with Gasteiger partial charge in [-0.2, -0.15) is 0 Å². The van der Waals surface area contributed by atoms with Crippen LogP contribution < -0.4 is 13.6 Å². The molecule has 9 nitrogen and oxygen atoms in total. The molecule has 3 fully saturated rings. The lowest BCUT2D eigenvalue weighted by molar-refractivity contribution is -0.0673. The molecule has 0 aromatic heterocycles. The Morgan fingerprint density at radius 1 is 0.378 bits per heavy atom. The molecule has 0 amide bonds. The molecule has 3 aliphatic heterocycles. The summed E-state index contributed by atoms with van der Waals surface area (Å²) in [7, 11) is -4.64. The second-order valence-electron chi connectivity index (χ2n) is 27.1. The molecule has 0 unspecified atom stereocenters. The van der Waals surface area contributed by atoms with Gasteiger partial charge in [-0.1, -0.05) is 288 Å². The number of aryl methyl sites for hydroxylation is 2. The molecule has 10 rings (SSSR count). The van der Waals surface area contributed by atoms with Crippen molar-refractivity contribution >= 4 is 25.8 Å². The summed E-state index contributed by atoms with van der Waals surface area (Å²) in [5.41, 5.74) is 11.8. The van der Waals surface area contributed by atoms with Gasteiger partial charge in [0.25, 0.3) is 0 Å². The molecule has 7 aromatic rings. The fourth-order valence-electron chi connectivity index (χ4n) is 11.6. The minimum atomic E-state index is -1.67. The first-order valence-corrected chi connectivity index (χ1v) is 36.0. The Kier molecular flexibility index (Phi) is 25.5. The highest BCUT2D eigenvalue weighted by atomic mass is 31.2. The Bertz CT molecular complexity index is 3110. The van der Waals surface area contributed by atoms with Crippen LogP contribution in [0.5, 0.6) is 17.2 Å². The lowest BCUT2D eigenvalue weighted by Crippen LogP contribution is -2.45. The summed E-state index contributed by atoms with van der Waals surface area (Å²) in [5.74, 6) is 2.42. The highest BCUT2D eigenvalue weighted by Crippen LogP contribution is 2.56. The van der Waals surface area contributed by atoms with Crippen molar-refractivity contribution in [2.75, 3.05) is 39.6 Å². The van der Waals surface area contributed by atoms with Gasteiger partial charge in [0.2, 0.25) is 0 Å². The molecule has 0 aliphatic carbocycles. The van der Waals surface area contributed by atoms with E-state index in [0.717, 1.165) is 59.1 Å². The van der Waals surface area contributed by atoms with Gasteiger partial charge in [-0.3, -0.25) is 0 Å². The van der Waals surface area contributed by atoms with Gasteiger partial charge in [-0.05, 0) is 94.3 Å². The van der Waals surface area contributed by atoms with Crippen molar-refractivity contribution in [3.05, 3.63) is 231 Å². The number of unbranched alkanes of at least 4 members (excludes halogenated alkanes) is 1. The predicted octanol–water partition coefficient (Wildman–Crippen LogP) is 22.9. The Morgan fingerprint density at radius 2 is 0.700 bits per heavy atom. The van der Waals surface area contributed by atoms with Crippen LogP contribution in [-0.2, 0) is 54.2 Å². The largest absolute Gasteiger partial charge is 0.426 e. The highest BCUT2D eigenvalue weighted by Gasteiger charge is 2.46. The summed E-state index contributed by atoms with van der Waals surface area (Å²) in [6, 6.07) is 60.0. The molecular weight excluding hydrogens is 1170 g/mol. The van der Waals surface area contributed by atoms with E-state index in [1.54, 1.807) is 0 Å². The molecule has 12 heteroatoms. The maximum Gasteiger partial charge on any atom is 0.397 e. The zero-order valence-corrected chi connectivity index (χ0v) is 60.4. The van der Waals surface area contributed by atoms with Crippen LogP contribution in [0.2, 0.25) is 0 Å². The van der Waals surface area contributed by atoms with E-state index in [9.17, 15) is 0 Å². The number of hydrogen-bond donors (Lipinski definition) is 0. The first kappa shape index (κ1) is 72.4. The number of rotatable bonds is 18. The Balaban J connectivity index is 0.000000332. The molecular formula is C78H105O9P3. The van der Waals surface area contributed by atoms with Gasteiger partial charge < -0.3 is 40.7 Å². The van der Waals surface area contributed by atoms with E-state index in [2.05, 4.69) is 274 Å². The van der Waals surface area contributed by atoms with Gasteiger partial charge in [-0.15, -0.1) is 0 Å². The zero-order chi connectivity index (χ0) is 65.5. The van der Waals surface area contributed by atoms with E-state index < -0.39 is 31.2 Å². The van der Waals surface area contributed by atoms with Crippen LogP contribution in [0.1, 0.15) is 205 Å². The van der Waals surface area contributed by atoms with Gasteiger partial charge in [0, 0.05) is 38.2 Å². The smallest absolute Gasteiger partial charge is 0.397 e. The van der Waals surface area contributed by atoms with Crippen molar-refractivity contribution in [2.45, 2.75) is 184 Å². The highest BCUT2D eigenvalue weighted by molar-refractivity contribution is 7.42. The maximum atomic E-state index is 6.66. The molecule has 1 spiro atoms. The van der Waals surface area contributed by atoms with Crippen molar-refractivity contribution < 1.29 is 40.7 Å². The summed E-state index contributed by atoms with van der Waals surface area (Å²) in [6.07, 6.45) is 4.70. The van der Waals surface area contributed by atoms with E-state index >= 15 is 0 Å². The second-order valence-corrected chi connectivity index (χ2v) is 30.6. The van der Waals surface area contributed by atoms with E-state index in [1.807, 2.05) is 27.7 Å². The van der Waals surface area contributed by atoms with Crippen LogP contribution in [0, 0.1) is 24.7 Å². The monoisotopic (exact) mass is 1280 g/mol. The van der Waals surface area contributed by atoms with Crippen LogP contribution in [0.25, 0.3) is 0 Å². The van der Waals surface area contributed by atoms with Crippen molar-refractivity contribution in [3.63, 3.8) is 0 Å². The molecule has 486 valence electrons. The van der Waals surface area contributed by atoms with Crippen LogP contribution in [0.3, 0.4) is 0 Å². The van der Waals surface area contributed by atoms with Gasteiger partial charge in [0.15, 0.2) is 0 Å². The third kappa shape index (κ3) is 17.4. The molecule has 3 aliphatic rings. The Labute approximate surface area is 546 Å². The van der Waals surface area contributed by atoms with Crippen molar-refractivity contribution in [1.82, 2.24) is 0 Å². The predicted molar refractivity (Wildman–Crippen MR) is 378 cm³/mol. The molecule has 7 aromatic carbocycles. The fourth-order valence-corrected chi connectivity index (χ4v) is 15.5. The summed E-state index contributed by atoms with van der Waals surface area (Å²) in [5, 5.41) is 0. The second kappa shape index (κ2) is 31.7. The van der Waals surface area contributed by atoms with Crippen LogP contribution in [0.15, 0.2) is 170 Å². The summed E-state index contributed by atoms with van der Waals surface area (Å²) in [4.78, 5) is 0. The topological polar surface area (TPSA) is 83.1 Å². The average Bonchev–Trinajstić information content (AvgIpc) is 0.993. The third-order valence-corrected chi connectivity index (χ3v) is 21.3. The summed E-state index contributed by atoms with van der Waals surface area (Å²) < 4.78 is 57.1. The molecule has 0 radical (unpaired) electrons. The number of benzene rings is 7. The lowest BCUT2D eigenvalue weighted by atomic mass is 9.73. The molecule has 0 atom stereocenters. The van der Waals surface area contributed by atoms with E-state index in [0.29, 0.717) is 26.4 Å². The summed E-state index contributed by atoms with van der Waals surface area (Å²) >= 11 is 0. The molecule has 0 N–H and O–H groups in total. The Morgan fingerprint density at radius 3 is 1.02 bits per heavy atom. The number of hydrogen-bond acceptors (Lipinski definition) is 9. The first-order chi connectivity index (χ1) is 42.9.